The molecule has 0 spiro atoms. The standard InChI is InChI=1S/C27H28F4O/c1-2-6-16-11-18-12-19-13-20(25(29)27(31)23(19)22(18)26(30)24(16)28)21-10-9-17(14-32-21)15-7-4-3-5-8-15/h9,11,13,15,21H,2-8,10,12,14H2,1H3. The third kappa shape index (κ3) is 3.59. The second-order valence-corrected chi connectivity index (χ2v) is 9.40. The molecule has 32 heavy (non-hydrogen) atoms. The Morgan fingerprint density at radius 1 is 0.875 bits per heavy atom. The van der Waals surface area contributed by atoms with Crippen molar-refractivity contribution >= 4 is 0 Å². The van der Waals surface area contributed by atoms with Crippen LogP contribution < -0.4 is 0 Å². The number of ether oxygens (including phenoxy) is 1. The molecular formula is C27H28F4O. The van der Waals surface area contributed by atoms with Crippen molar-refractivity contribution in [3.8, 4) is 11.1 Å². The molecule has 5 rings (SSSR count). The SMILES string of the molecule is CCCc1cc2c(c(F)c1F)-c1c(cc(C3CC=C(C4CCCCC4)CO3)c(F)c1F)C2. The summed E-state index contributed by atoms with van der Waals surface area (Å²) in [7, 11) is 0. The predicted octanol–water partition coefficient (Wildman–Crippen LogP) is 7.73. The fraction of sp³-hybridized carbons (Fsp3) is 0.481. The van der Waals surface area contributed by atoms with Crippen LogP contribution >= 0.6 is 0 Å². The molecule has 1 saturated carbocycles. The molecule has 0 amide bonds. The van der Waals surface area contributed by atoms with Gasteiger partial charge in [0.15, 0.2) is 23.3 Å². The highest BCUT2D eigenvalue weighted by Crippen LogP contribution is 2.45. The lowest BCUT2D eigenvalue weighted by Gasteiger charge is -2.30. The molecule has 0 saturated heterocycles. The first-order chi connectivity index (χ1) is 15.5. The van der Waals surface area contributed by atoms with Crippen LogP contribution in [0.2, 0.25) is 0 Å². The van der Waals surface area contributed by atoms with Gasteiger partial charge in [0.05, 0.1) is 12.7 Å². The Bertz CT molecular complexity index is 1080. The summed E-state index contributed by atoms with van der Waals surface area (Å²) >= 11 is 0. The minimum absolute atomic E-state index is 0.135. The van der Waals surface area contributed by atoms with E-state index in [1.165, 1.54) is 37.7 Å². The highest BCUT2D eigenvalue weighted by atomic mass is 19.2. The summed E-state index contributed by atoms with van der Waals surface area (Å²) in [5, 5.41) is 0. The maximum Gasteiger partial charge on any atom is 0.167 e. The minimum atomic E-state index is -1.11. The maximum atomic E-state index is 15.2. The first-order valence-electron chi connectivity index (χ1n) is 11.8. The zero-order valence-corrected chi connectivity index (χ0v) is 18.4. The molecule has 0 bridgehead atoms. The zero-order chi connectivity index (χ0) is 22.4. The van der Waals surface area contributed by atoms with Gasteiger partial charge in [0.2, 0.25) is 0 Å². The Balaban J connectivity index is 1.47. The van der Waals surface area contributed by atoms with Crippen LogP contribution in [0.25, 0.3) is 11.1 Å². The van der Waals surface area contributed by atoms with E-state index >= 15 is 8.78 Å². The first kappa shape index (κ1) is 21.7. The van der Waals surface area contributed by atoms with Crippen molar-refractivity contribution in [3.05, 3.63) is 69.3 Å². The number of hydrogen-bond donors (Lipinski definition) is 0. The van der Waals surface area contributed by atoms with E-state index in [1.807, 2.05) is 6.92 Å². The molecule has 1 atom stereocenters. The van der Waals surface area contributed by atoms with Gasteiger partial charge in [-0.25, -0.2) is 17.6 Å². The molecule has 2 aromatic rings. The van der Waals surface area contributed by atoms with Gasteiger partial charge in [0.25, 0.3) is 0 Å². The van der Waals surface area contributed by atoms with E-state index in [9.17, 15) is 8.78 Å². The van der Waals surface area contributed by atoms with E-state index in [1.54, 1.807) is 12.1 Å². The monoisotopic (exact) mass is 444 g/mol. The van der Waals surface area contributed by atoms with Crippen LogP contribution in [0.4, 0.5) is 17.6 Å². The summed E-state index contributed by atoms with van der Waals surface area (Å²) in [5.41, 5.74) is 2.46. The van der Waals surface area contributed by atoms with Crippen LogP contribution in [0, 0.1) is 29.2 Å². The van der Waals surface area contributed by atoms with Crippen molar-refractivity contribution in [1.29, 1.82) is 0 Å². The van der Waals surface area contributed by atoms with Crippen molar-refractivity contribution < 1.29 is 22.3 Å². The molecule has 0 aromatic heterocycles. The lowest BCUT2D eigenvalue weighted by Crippen LogP contribution is -2.20. The number of fused-ring (bicyclic) bond motifs is 3. The molecule has 1 unspecified atom stereocenters. The van der Waals surface area contributed by atoms with E-state index in [2.05, 4.69) is 6.08 Å². The maximum absolute atomic E-state index is 15.2. The van der Waals surface area contributed by atoms with Gasteiger partial charge in [0.1, 0.15) is 0 Å². The van der Waals surface area contributed by atoms with E-state index < -0.39 is 29.4 Å². The van der Waals surface area contributed by atoms with E-state index in [-0.39, 0.29) is 28.7 Å². The highest BCUT2D eigenvalue weighted by Gasteiger charge is 2.34. The molecule has 1 nitrogen and oxygen atoms in total. The van der Waals surface area contributed by atoms with Crippen LogP contribution in [0.3, 0.4) is 0 Å². The quantitative estimate of drug-likeness (QED) is 0.295. The normalized spacial score (nSPS) is 20.8. The molecule has 2 aliphatic carbocycles. The summed E-state index contributed by atoms with van der Waals surface area (Å²) < 4.78 is 65.7. The third-order valence-electron chi connectivity index (χ3n) is 7.35. The number of halogens is 4. The zero-order valence-electron chi connectivity index (χ0n) is 18.4. The second kappa shape index (κ2) is 8.66. The van der Waals surface area contributed by atoms with Crippen molar-refractivity contribution in [2.24, 2.45) is 5.92 Å². The summed E-state index contributed by atoms with van der Waals surface area (Å²) in [6.45, 7) is 2.33. The van der Waals surface area contributed by atoms with Gasteiger partial charge in [-0.15, -0.1) is 0 Å². The van der Waals surface area contributed by atoms with Gasteiger partial charge in [0, 0.05) is 16.7 Å². The Morgan fingerprint density at radius 3 is 2.22 bits per heavy atom. The van der Waals surface area contributed by atoms with Crippen molar-refractivity contribution in [3.63, 3.8) is 0 Å². The number of hydrogen-bond acceptors (Lipinski definition) is 1. The van der Waals surface area contributed by atoms with Crippen molar-refractivity contribution in [1.82, 2.24) is 0 Å². The number of aryl methyl sites for hydroxylation is 1. The van der Waals surface area contributed by atoms with Gasteiger partial charge in [-0.1, -0.05) is 44.7 Å². The molecule has 2 aromatic carbocycles. The van der Waals surface area contributed by atoms with Crippen molar-refractivity contribution in [2.75, 3.05) is 6.61 Å². The van der Waals surface area contributed by atoms with Gasteiger partial charge in [-0.3, -0.25) is 0 Å². The molecule has 5 heteroatoms. The van der Waals surface area contributed by atoms with Crippen LogP contribution in [-0.4, -0.2) is 6.61 Å². The Kier molecular flexibility index (Phi) is 5.87. The smallest absolute Gasteiger partial charge is 0.167 e. The van der Waals surface area contributed by atoms with E-state index in [0.29, 0.717) is 42.9 Å². The fourth-order valence-electron chi connectivity index (χ4n) is 5.71. The van der Waals surface area contributed by atoms with E-state index in [0.717, 1.165) is 0 Å². The minimum Gasteiger partial charge on any atom is -0.369 e. The topological polar surface area (TPSA) is 9.23 Å². The van der Waals surface area contributed by atoms with Gasteiger partial charge >= 0.3 is 0 Å². The summed E-state index contributed by atoms with van der Waals surface area (Å²) in [6, 6.07) is 3.19. The van der Waals surface area contributed by atoms with Crippen LogP contribution in [-0.2, 0) is 17.6 Å². The molecule has 3 aliphatic rings. The molecule has 170 valence electrons. The molecule has 1 heterocycles. The highest BCUT2D eigenvalue weighted by molar-refractivity contribution is 5.79. The largest absolute Gasteiger partial charge is 0.369 e. The average molecular weight is 445 g/mol. The van der Waals surface area contributed by atoms with Gasteiger partial charge < -0.3 is 4.74 Å². The first-order valence-corrected chi connectivity index (χ1v) is 11.8. The second-order valence-electron chi connectivity index (χ2n) is 9.40. The third-order valence-corrected chi connectivity index (χ3v) is 7.35. The lowest BCUT2D eigenvalue weighted by molar-refractivity contribution is 0.0516. The van der Waals surface area contributed by atoms with Crippen LogP contribution in [0.5, 0.6) is 0 Å². The summed E-state index contributed by atoms with van der Waals surface area (Å²) in [5.74, 6) is -3.63. The Labute approximate surface area is 186 Å². The van der Waals surface area contributed by atoms with Gasteiger partial charge in [-0.05, 0) is 66.4 Å². The molecule has 0 N–H and O–H groups in total. The van der Waals surface area contributed by atoms with Gasteiger partial charge in [-0.2, -0.15) is 0 Å². The average Bonchev–Trinajstić information content (AvgIpc) is 3.19. The summed E-state index contributed by atoms with van der Waals surface area (Å²) in [6.07, 6.45) is 9.48. The lowest BCUT2D eigenvalue weighted by atomic mass is 9.82. The Hall–Kier alpha value is -2.14. The Morgan fingerprint density at radius 2 is 1.56 bits per heavy atom. The fourth-order valence-corrected chi connectivity index (χ4v) is 5.71. The summed E-state index contributed by atoms with van der Waals surface area (Å²) in [4.78, 5) is 0. The van der Waals surface area contributed by atoms with Crippen LogP contribution in [0.1, 0.15) is 80.2 Å². The van der Waals surface area contributed by atoms with Crippen LogP contribution in [0.15, 0.2) is 23.8 Å². The van der Waals surface area contributed by atoms with Crippen molar-refractivity contribution in [2.45, 2.75) is 70.8 Å². The molecule has 1 fully saturated rings. The molecule has 1 aliphatic heterocycles. The predicted molar refractivity (Wildman–Crippen MR) is 116 cm³/mol. The number of rotatable bonds is 4. The molecular weight excluding hydrogens is 416 g/mol. The van der Waals surface area contributed by atoms with E-state index in [4.69, 9.17) is 4.74 Å². The number of benzene rings is 2. The molecule has 0 radical (unpaired) electrons.